The van der Waals surface area contributed by atoms with Gasteiger partial charge in [0.05, 0.1) is 20.5 Å². The van der Waals surface area contributed by atoms with E-state index in [4.69, 9.17) is 13.9 Å². The maximum absolute atomic E-state index is 5.37. The molecule has 0 atom stereocenters. The number of likely N-dealkylation sites (N-methyl/N-ethyl adjacent to an activating group) is 1. The van der Waals surface area contributed by atoms with E-state index in [1.165, 1.54) is 5.56 Å². The number of methoxy groups -OCH3 is 2. The first-order chi connectivity index (χ1) is 12.7. The second-order valence-electron chi connectivity index (χ2n) is 5.93. The van der Waals surface area contributed by atoms with E-state index in [1.807, 2.05) is 24.3 Å². The largest absolute Gasteiger partial charge is 0.493 e. The maximum Gasteiger partial charge on any atom is 0.193 e. The van der Waals surface area contributed by atoms with Crippen molar-refractivity contribution in [2.75, 3.05) is 40.9 Å². The highest BCUT2D eigenvalue weighted by Crippen LogP contribution is 2.27. The van der Waals surface area contributed by atoms with Crippen molar-refractivity contribution >= 4 is 29.9 Å². The summed E-state index contributed by atoms with van der Waals surface area (Å²) in [6, 6.07) is 9.91. The van der Waals surface area contributed by atoms with Crippen molar-refractivity contribution in [1.82, 2.24) is 10.2 Å². The molecule has 0 bridgehead atoms. The first kappa shape index (κ1) is 23.1. The fourth-order valence-corrected chi connectivity index (χ4v) is 2.64. The zero-order valence-electron chi connectivity index (χ0n) is 16.5. The molecule has 2 aromatic rings. The number of furan rings is 1. The van der Waals surface area contributed by atoms with Crippen molar-refractivity contribution in [3.8, 4) is 11.5 Å². The van der Waals surface area contributed by atoms with Gasteiger partial charge < -0.3 is 24.1 Å². The van der Waals surface area contributed by atoms with Gasteiger partial charge >= 0.3 is 0 Å². The first-order valence-electron chi connectivity index (χ1n) is 8.90. The SMILES string of the molecule is CCNC(=NCCc1ccco1)N(C)CCc1ccc(OC)c(OC)c1.I. The zero-order chi connectivity index (χ0) is 18.8. The summed E-state index contributed by atoms with van der Waals surface area (Å²) in [5.74, 6) is 3.36. The van der Waals surface area contributed by atoms with Gasteiger partial charge in [-0.3, -0.25) is 4.99 Å². The minimum Gasteiger partial charge on any atom is -0.493 e. The molecular weight excluding hydrogens is 457 g/mol. The Kier molecular flexibility index (Phi) is 10.7. The highest BCUT2D eigenvalue weighted by molar-refractivity contribution is 14.0. The van der Waals surface area contributed by atoms with E-state index in [-0.39, 0.29) is 24.0 Å². The minimum absolute atomic E-state index is 0. The molecule has 0 aliphatic rings. The summed E-state index contributed by atoms with van der Waals surface area (Å²) < 4.78 is 16.0. The first-order valence-corrected chi connectivity index (χ1v) is 8.90. The number of hydrogen-bond donors (Lipinski definition) is 1. The zero-order valence-corrected chi connectivity index (χ0v) is 18.9. The molecular formula is C20H30IN3O3. The molecule has 0 radical (unpaired) electrons. The van der Waals surface area contributed by atoms with Crippen LogP contribution in [-0.4, -0.2) is 51.8 Å². The number of guanidine groups is 1. The van der Waals surface area contributed by atoms with Crippen LogP contribution in [0, 0.1) is 0 Å². The molecule has 7 heteroatoms. The van der Waals surface area contributed by atoms with Gasteiger partial charge in [-0.15, -0.1) is 24.0 Å². The number of benzene rings is 1. The fourth-order valence-electron chi connectivity index (χ4n) is 2.64. The molecule has 27 heavy (non-hydrogen) atoms. The third-order valence-corrected chi connectivity index (χ3v) is 4.08. The topological polar surface area (TPSA) is 59.2 Å². The van der Waals surface area contributed by atoms with Crippen LogP contribution in [0.5, 0.6) is 11.5 Å². The van der Waals surface area contributed by atoms with E-state index in [0.29, 0.717) is 6.54 Å². The molecule has 0 aliphatic heterocycles. The maximum atomic E-state index is 5.37. The number of nitrogens with one attached hydrogen (secondary N) is 1. The van der Waals surface area contributed by atoms with Crippen LogP contribution in [0.2, 0.25) is 0 Å². The molecule has 1 aromatic carbocycles. The number of ether oxygens (including phenoxy) is 2. The lowest BCUT2D eigenvalue weighted by Crippen LogP contribution is -2.40. The Labute approximate surface area is 179 Å². The van der Waals surface area contributed by atoms with E-state index in [2.05, 4.69) is 35.2 Å². The molecule has 0 saturated carbocycles. The van der Waals surface area contributed by atoms with E-state index < -0.39 is 0 Å². The summed E-state index contributed by atoms with van der Waals surface area (Å²) in [7, 11) is 5.35. The lowest BCUT2D eigenvalue weighted by atomic mass is 10.1. The van der Waals surface area contributed by atoms with Crippen molar-refractivity contribution < 1.29 is 13.9 Å². The van der Waals surface area contributed by atoms with Crippen LogP contribution in [0.25, 0.3) is 0 Å². The summed E-state index contributed by atoms with van der Waals surface area (Å²) in [6.45, 7) is 4.45. The second kappa shape index (κ2) is 12.5. The number of rotatable bonds is 9. The smallest absolute Gasteiger partial charge is 0.193 e. The van der Waals surface area contributed by atoms with Crippen LogP contribution >= 0.6 is 24.0 Å². The quantitative estimate of drug-likeness (QED) is 0.333. The molecule has 2 rings (SSSR count). The van der Waals surface area contributed by atoms with Crippen LogP contribution in [0.3, 0.4) is 0 Å². The third-order valence-electron chi connectivity index (χ3n) is 4.08. The van der Waals surface area contributed by atoms with E-state index >= 15 is 0 Å². The van der Waals surface area contributed by atoms with Gasteiger partial charge in [-0.05, 0) is 43.2 Å². The van der Waals surface area contributed by atoms with Gasteiger partial charge in [0.15, 0.2) is 17.5 Å². The number of aliphatic imine (C=N–C) groups is 1. The molecule has 150 valence electrons. The van der Waals surface area contributed by atoms with Crippen molar-refractivity contribution in [3.05, 3.63) is 47.9 Å². The summed E-state index contributed by atoms with van der Waals surface area (Å²) in [4.78, 5) is 6.83. The van der Waals surface area contributed by atoms with E-state index in [1.54, 1.807) is 20.5 Å². The Hall–Kier alpha value is -1.90. The number of halogens is 1. The van der Waals surface area contributed by atoms with Crippen molar-refractivity contribution in [3.63, 3.8) is 0 Å². The molecule has 0 saturated heterocycles. The van der Waals surface area contributed by atoms with Gasteiger partial charge in [-0.25, -0.2) is 0 Å². The Bertz CT molecular complexity index is 690. The van der Waals surface area contributed by atoms with Gasteiger partial charge in [0.25, 0.3) is 0 Å². The van der Waals surface area contributed by atoms with Crippen LogP contribution in [-0.2, 0) is 12.8 Å². The van der Waals surface area contributed by atoms with Crippen molar-refractivity contribution in [2.45, 2.75) is 19.8 Å². The third kappa shape index (κ3) is 7.32. The monoisotopic (exact) mass is 487 g/mol. The molecule has 0 aliphatic carbocycles. The molecule has 6 nitrogen and oxygen atoms in total. The van der Waals surface area contributed by atoms with Gasteiger partial charge in [0, 0.05) is 33.1 Å². The van der Waals surface area contributed by atoms with Crippen LogP contribution in [0.15, 0.2) is 46.0 Å². The Balaban J connectivity index is 0.00000364. The molecule has 1 N–H and O–H groups in total. The average Bonchev–Trinajstić information content (AvgIpc) is 3.18. The second-order valence-corrected chi connectivity index (χ2v) is 5.93. The molecule has 0 amide bonds. The molecule has 1 aromatic heterocycles. The summed E-state index contributed by atoms with van der Waals surface area (Å²) in [5, 5.41) is 3.34. The molecule has 0 unspecified atom stereocenters. The van der Waals surface area contributed by atoms with E-state index in [9.17, 15) is 0 Å². The number of nitrogens with zero attached hydrogens (tertiary/aromatic N) is 2. The van der Waals surface area contributed by atoms with Gasteiger partial charge in [0.2, 0.25) is 0 Å². The standard InChI is InChI=1S/C20H29N3O3.HI/c1-5-21-20(22-12-10-17-7-6-14-26-17)23(2)13-11-16-8-9-18(24-3)19(15-16)25-4;/h6-9,14-15H,5,10-13H2,1-4H3,(H,21,22);1H. The summed E-state index contributed by atoms with van der Waals surface area (Å²) in [5.41, 5.74) is 1.20. The number of hydrogen-bond acceptors (Lipinski definition) is 4. The van der Waals surface area contributed by atoms with Gasteiger partial charge in [-0.2, -0.15) is 0 Å². The van der Waals surface area contributed by atoms with Crippen molar-refractivity contribution in [2.24, 2.45) is 4.99 Å². The van der Waals surface area contributed by atoms with Crippen LogP contribution in [0.4, 0.5) is 0 Å². The lowest BCUT2D eigenvalue weighted by molar-refractivity contribution is 0.354. The lowest BCUT2D eigenvalue weighted by Gasteiger charge is -2.22. The predicted molar refractivity (Wildman–Crippen MR) is 120 cm³/mol. The summed E-state index contributed by atoms with van der Waals surface area (Å²) in [6.07, 6.45) is 3.38. The Morgan fingerprint density at radius 1 is 1.15 bits per heavy atom. The van der Waals surface area contributed by atoms with Crippen molar-refractivity contribution in [1.29, 1.82) is 0 Å². The Morgan fingerprint density at radius 3 is 2.56 bits per heavy atom. The highest BCUT2D eigenvalue weighted by atomic mass is 127. The van der Waals surface area contributed by atoms with Gasteiger partial charge in [-0.1, -0.05) is 6.07 Å². The molecule has 0 fully saturated rings. The molecule has 0 spiro atoms. The van der Waals surface area contributed by atoms with Gasteiger partial charge in [0.1, 0.15) is 5.76 Å². The summed E-state index contributed by atoms with van der Waals surface area (Å²) >= 11 is 0. The van der Waals surface area contributed by atoms with E-state index in [0.717, 1.165) is 49.1 Å². The highest BCUT2D eigenvalue weighted by Gasteiger charge is 2.08. The Morgan fingerprint density at radius 2 is 1.93 bits per heavy atom. The van der Waals surface area contributed by atoms with Crippen LogP contribution < -0.4 is 14.8 Å². The minimum atomic E-state index is 0. The predicted octanol–water partition coefficient (Wildman–Crippen LogP) is 3.60. The fraction of sp³-hybridized carbons (Fsp3) is 0.450. The average molecular weight is 487 g/mol. The normalized spacial score (nSPS) is 10.9. The molecule has 1 heterocycles. The van der Waals surface area contributed by atoms with Crippen LogP contribution in [0.1, 0.15) is 18.2 Å².